The van der Waals surface area contributed by atoms with Crippen molar-refractivity contribution in [1.29, 1.82) is 0 Å². The van der Waals surface area contributed by atoms with Crippen LogP contribution in [0, 0.1) is 0 Å². The van der Waals surface area contributed by atoms with Gasteiger partial charge in [0.15, 0.2) is 6.79 Å². The molecule has 0 saturated carbocycles. The molecule has 3 amide bonds. The summed E-state index contributed by atoms with van der Waals surface area (Å²) in [6.45, 7) is -0.543. The van der Waals surface area contributed by atoms with Gasteiger partial charge < -0.3 is 25.3 Å². The van der Waals surface area contributed by atoms with Gasteiger partial charge in [0.05, 0.1) is 6.42 Å². The Kier molecular flexibility index (Phi) is 6.77. The molecule has 29 heavy (non-hydrogen) atoms. The predicted molar refractivity (Wildman–Crippen MR) is 104 cm³/mol. The Morgan fingerprint density at radius 3 is 2.79 bits per heavy atom. The fourth-order valence-corrected chi connectivity index (χ4v) is 4.95. The van der Waals surface area contributed by atoms with Gasteiger partial charge in [0.2, 0.25) is 5.91 Å². The Bertz CT molecular complexity index is 840. The zero-order valence-corrected chi connectivity index (χ0v) is 17.0. The van der Waals surface area contributed by atoms with E-state index in [0.717, 1.165) is 4.88 Å². The average molecular weight is 441 g/mol. The molecular formula is C17H19N3O7S2. The number of thiophene rings is 1. The number of primary amides is 1. The van der Waals surface area contributed by atoms with Gasteiger partial charge >= 0.3 is 12.1 Å². The normalized spacial score (nSPS) is 20.6. The molecule has 156 valence electrons. The predicted octanol–water partition coefficient (Wildman–Crippen LogP) is 0.187. The lowest BCUT2D eigenvalue weighted by atomic mass is 10.0. The summed E-state index contributed by atoms with van der Waals surface area (Å²) in [5, 5.41) is 4.13. The Labute approximate surface area is 174 Å². The first kappa shape index (κ1) is 21.1. The molecule has 1 saturated heterocycles. The summed E-state index contributed by atoms with van der Waals surface area (Å²) in [6, 6.07) is 2.93. The van der Waals surface area contributed by atoms with Gasteiger partial charge in [0.25, 0.3) is 5.91 Å². The Morgan fingerprint density at radius 2 is 2.14 bits per heavy atom. The highest BCUT2D eigenvalue weighted by atomic mass is 32.2. The largest absolute Gasteiger partial charge is 0.445 e. The molecule has 0 radical (unpaired) electrons. The molecule has 1 aromatic rings. The van der Waals surface area contributed by atoms with Gasteiger partial charge in [-0.1, -0.05) is 6.07 Å². The summed E-state index contributed by atoms with van der Waals surface area (Å²) in [7, 11) is 1.35. The minimum atomic E-state index is -0.997. The number of nitrogens with one attached hydrogen (secondary N) is 1. The van der Waals surface area contributed by atoms with Crippen molar-refractivity contribution in [2.75, 3.05) is 26.3 Å². The van der Waals surface area contributed by atoms with Crippen LogP contribution in [0.2, 0.25) is 0 Å². The third-order valence-corrected chi connectivity index (χ3v) is 6.38. The topological polar surface area (TPSA) is 137 Å². The summed E-state index contributed by atoms with van der Waals surface area (Å²) in [4.78, 5) is 50.5. The quantitative estimate of drug-likeness (QED) is 0.331. The first-order valence-corrected chi connectivity index (χ1v) is 10.4. The van der Waals surface area contributed by atoms with Gasteiger partial charge in [-0.15, -0.1) is 23.1 Å². The maximum Gasteiger partial charge on any atom is 0.404 e. The third kappa shape index (κ3) is 4.71. The molecule has 0 unspecified atom stereocenters. The number of nitrogens with zero attached hydrogens (tertiary/aromatic N) is 1. The highest BCUT2D eigenvalue weighted by Gasteiger charge is 2.54. The number of carbonyl (C=O) groups excluding carboxylic acids is 4. The van der Waals surface area contributed by atoms with E-state index in [-0.39, 0.29) is 31.4 Å². The molecule has 1 fully saturated rings. The number of esters is 1. The monoisotopic (exact) mass is 441 g/mol. The fourth-order valence-electron chi connectivity index (χ4n) is 2.92. The van der Waals surface area contributed by atoms with E-state index in [1.165, 1.54) is 35.1 Å². The Hall–Kier alpha value is -2.57. The van der Waals surface area contributed by atoms with E-state index in [1.54, 1.807) is 0 Å². The van der Waals surface area contributed by atoms with Crippen LogP contribution in [0.15, 0.2) is 28.8 Å². The number of carbonyl (C=O) groups is 4. The van der Waals surface area contributed by atoms with E-state index in [2.05, 4.69) is 5.32 Å². The molecule has 12 heteroatoms. The fraction of sp³-hybridized carbons (Fsp3) is 0.412. The summed E-state index contributed by atoms with van der Waals surface area (Å²) in [6.07, 6.45) is -0.822. The molecule has 3 heterocycles. The lowest BCUT2D eigenvalue weighted by Crippen LogP contribution is -2.70. The molecule has 0 aromatic carbocycles. The van der Waals surface area contributed by atoms with Crippen molar-refractivity contribution >= 4 is 47.0 Å². The summed E-state index contributed by atoms with van der Waals surface area (Å²) in [5.41, 5.74) is 5.37. The zero-order chi connectivity index (χ0) is 21.0. The minimum Gasteiger partial charge on any atom is -0.445 e. The van der Waals surface area contributed by atoms with E-state index in [0.29, 0.717) is 11.3 Å². The van der Waals surface area contributed by atoms with Gasteiger partial charge in [-0.3, -0.25) is 14.5 Å². The number of hydrogen-bond donors (Lipinski definition) is 2. The second kappa shape index (κ2) is 9.29. The van der Waals surface area contributed by atoms with E-state index in [4.69, 9.17) is 19.9 Å². The highest BCUT2D eigenvalue weighted by molar-refractivity contribution is 8.00. The summed E-state index contributed by atoms with van der Waals surface area (Å²) < 4.78 is 14.5. The van der Waals surface area contributed by atoms with E-state index >= 15 is 0 Å². The summed E-state index contributed by atoms with van der Waals surface area (Å²) in [5.74, 6) is -1.20. The number of methoxy groups -OCH3 is 1. The maximum atomic E-state index is 12.7. The number of amides is 3. The van der Waals surface area contributed by atoms with Gasteiger partial charge in [0.1, 0.15) is 23.7 Å². The first-order chi connectivity index (χ1) is 13.9. The third-order valence-electron chi connectivity index (χ3n) is 4.17. The molecular weight excluding hydrogens is 422 g/mol. The van der Waals surface area contributed by atoms with Crippen LogP contribution in [0.4, 0.5) is 4.79 Å². The van der Waals surface area contributed by atoms with Crippen LogP contribution in [-0.4, -0.2) is 66.5 Å². The van der Waals surface area contributed by atoms with Crippen molar-refractivity contribution < 1.29 is 33.4 Å². The maximum absolute atomic E-state index is 12.7. The van der Waals surface area contributed by atoms with E-state index < -0.39 is 29.4 Å². The number of β-lactam (4-membered cyclic amide) rings is 1. The number of nitrogens with two attached hydrogens (primary N) is 1. The molecule has 0 spiro atoms. The molecule has 3 N–H and O–H groups in total. The highest BCUT2D eigenvalue weighted by Crippen LogP contribution is 2.40. The van der Waals surface area contributed by atoms with Gasteiger partial charge in [-0.2, -0.15) is 0 Å². The van der Waals surface area contributed by atoms with Crippen LogP contribution in [0.1, 0.15) is 4.88 Å². The molecule has 10 nitrogen and oxygen atoms in total. The van der Waals surface area contributed by atoms with Crippen molar-refractivity contribution in [3.05, 3.63) is 33.7 Å². The van der Waals surface area contributed by atoms with E-state index in [1.807, 2.05) is 17.5 Å². The van der Waals surface area contributed by atoms with Crippen LogP contribution >= 0.6 is 23.1 Å². The van der Waals surface area contributed by atoms with Crippen LogP contribution in [0.5, 0.6) is 0 Å². The Morgan fingerprint density at radius 1 is 1.34 bits per heavy atom. The van der Waals surface area contributed by atoms with Crippen LogP contribution in [0.25, 0.3) is 0 Å². The number of hydrogen-bond acceptors (Lipinski definition) is 9. The molecule has 2 aliphatic rings. The first-order valence-electron chi connectivity index (χ1n) is 8.49. The van der Waals surface area contributed by atoms with Crippen molar-refractivity contribution in [3.8, 4) is 0 Å². The molecule has 0 aliphatic carbocycles. The summed E-state index contributed by atoms with van der Waals surface area (Å²) >= 11 is 2.80. The second-order valence-corrected chi connectivity index (χ2v) is 8.25. The van der Waals surface area contributed by atoms with Crippen LogP contribution in [0.3, 0.4) is 0 Å². The second-order valence-electron chi connectivity index (χ2n) is 6.11. The van der Waals surface area contributed by atoms with Crippen molar-refractivity contribution in [2.45, 2.75) is 17.8 Å². The number of thioether (sulfide) groups is 1. The van der Waals surface area contributed by atoms with Crippen molar-refractivity contribution in [2.24, 2.45) is 5.73 Å². The average Bonchev–Trinajstić information content (AvgIpc) is 3.20. The van der Waals surface area contributed by atoms with Gasteiger partial charge in [0, 0.05) is 23.3 Å². The molecule has 1 aromatic heterocycles. The van der Waals surface area contributed by atoms with Gasteiger partial charge in [-0.05, 0) is 11.4 Å². The Balaban J connectivity index is 1.72. The van der Waals surface area contributed by atoms with Crippen LogP contribution in [-0.2, 0) is 35.0 Å². The smallest absolute Gasteiger partial charge is 0.404 e. The number of fused-ring (bicyclic) bond motifs is 1. The standard InChI is InChI=1S/C17H19N3O7S2/c1-25-8-27-16(23)13-9(6-26-17(18)24)7-29-15-12(14(22)20(13)15)19-11(21)5-10-3-2-4-28-10/h2-4,12,15H,5-8H2,1H3,(H2,18,24)(H,19,21)/t12-,15+/m1/s1. The molecule has 3 rings (SSSR count). The lowest BCUT2D eigenvalue weighted by molar-refractivity contribution is -0.158. The minimum absolute atomic E-state index is 0.0131. The van der Waals surface area contributed by atoms with Crippen molar-refractivity contribution in [1.82, 2.24) is 10.2 Å². The lowest BCUT2D eigenvalue weighted by Gasteiger charge is -2.49. The van der Waals surface area contributed by atoms with Gasteiger partial charge in [-0.25, -0.2) is 9.59 Å². The van der Waals surface area contributed by atoms with E-state index in [9.17, 15) is 19.2 Å². The van der Waals surface area contributed by atoms with Crippen molar-refractivity contribution in [3.63, 3.8) is 0 Å². The molecule has 2 atom stereocenters. The zero-order valence-electron chi connectivity index (χ0n) is 15.4. The molecule has 0 bridgehead atoms. The van der Waals surface area contributed by atoms with Crippen LogP contribution < -0.4 is 11.1 Å². The number of ether oxygens (including phenoxy) is 3. The SMILES string of the molecule is COCOC(=O)C1=C(COC(N)=O)CS[C@H]2[C@H](NC(=O)Cc3cccs3)C(=O)N12. The number of rotatable bonds is 8. The molecule has 2 aliphatic heterocycles.